The minimum atomic E-state index is -3.41. The van der Waals surface area contributed by atoms with Gasteiger partial charge in [0.2, 0.25) is 0 Å². The Labute approximate surface area is 115 Å². The van der Waals surface area contributed by atoms with Crippen LogP contribution in [0.15, 0.2) is 23.1 Å². The first-order valence-electron chi connectivity index (χ1n) is 5.30. The van der Waals surface area contributed by atoms with Crippen molar-refractivity contribution in [2.75, 3.05) is 12.0 Å². The van der Waals surface area contributed by atoms with E-state index in [0.29, 0.717) is 5.13 Å². The van der Waals surface area contributed by atoms with Gasteiger partial charge in [-0.1, -0.05) is 17.4 Å². The molecule has 0 aliphatic carbocycles. The lowest BCUT2D eigenvalue weighted by Gasteiger charge is -2.04. The first-order valence-corrected chi connectivity index (χ1v) is 8.01. The lowest BCUT2D eigenvalue weighted by molar-refractivity contribution is 0.601. The van der Waals surface area contributed by atoms with Crippen LogP contribution < -0.4 is 5.73 Å². The van der Waals surface area contributed by atoms with E-state index >= 15 is 0 Å². The maximum absolute atomic E-state index is 11.6. The highest BCUT2D eigenvalue weighted by molar-refractivity contribution is 7.90. The predicted molar refractivity (Wildman–Crippen MR) is 74.5 cm³/mol. The number of nitrogens with two attached hydrogens (primary N) is 1. The van der Waals surface area contributed by atoms with Gasteiger partial charge in [-0.25, -0.2) is 13.4 Å². The molecule has 0 fully saturated rings. The van der Waals surface area contributed by atoms with Crippen LogP contribution in [0, 0.1) is 18.3 Å². The van der Waals surface area contributed by atoms with Crippen molar-refractivity contribution < 1.29 is 8.42 Å². The Morgan fingerprint density at radius 2 is 2.11 bits per heavy atom. The molecule has 0 radical (unpaired) electrons. The number of aromatic nitrogens is 1. The van der Waals surface area contributed by atoms with Gasteiger partial charge in [0.15, 0.2) is 15.0 Å². The summed E-state index contributed by atoms with van der Waals surface area (Å²) in [4.78, 5) is 4.99. The average Bonchev–Trinajstić information content (AvgIpc) is 2.66. The summed E-state index contributed by atoms with van der Waals surface area (Å²) in [6.45, 7) is 1.82. The molecule has 0 aliphatic rings. The van der Waals surface area contributed by atoms with Crippen molar-refractivity contribution in [2.24, 2.45) is 0 Å². The van der Waals surface area contributed by atoms with Gasteiger partial charge in [0.1, 0.15) is 6.07 Å². The van der Waals surface area contributed by atoms with Crippen molar-refractivity contribution in [1.29, 1.82) is 5.26 Å². The van der Waals surface area contributed by atoms with Crippen molar-refractivity contribution in [3.05, 3.63) is 29.5 Å². The number of nitrogens with zero attached hydrogens (tertiary/aromatic N) is 2. The van der Waals surface area contributed by atoms with Crippen molar-refractivity contribution in [2.45, 2.75) is 11.8 Å². The fraction of sp³-hybridized carbons (Fsp3) is 0.167. The molecule has 0 spiro atoms. The topological polar surface area (TPSA) is 96.8 Å². The molecule has 0 saturated carbocycles. The first kappa shape index (κ1) is 13.5. The highest BCUT2D eigenvalue weighted by Gasteiger charge is 2.16. The van der Waals surface area contributed by atoms with E-state index in [1.807, 2.05) is 13.0 Å². The molecule has 98 valence electrons. The number of nitriles is 1. The lowest BCUT2D eigenvalue weighted by Crippen LogP contribution is -2.00. The zero-order valence-electron chi connectivity index (χ0n) is 10.3. The van der Waals surface area contributed by atoms with E-state index in [9.17, 15) is 8.42 Å². The maximum Gasteiger partial charge on any atom is 0.180 e. The van der Waals surface area contributed by atoms with Crippen LogP contribution in [0.5, 0.6) is 0 Å². The molecule has 1 heterocycles. The smallest absolute Gasteiger partial charge is 0.180 e. The number of sulfone groups is 1. The van der Waals surface area contributed by atoms with Crippen LogP contribution in [0.3, 0.4) is 0 Å². The van der Waals surface area contributed by atoms with Crippen LogP contribution in [-0.4, -0.2) is 19.7 Å². The molecular weight excluding hydrogens is 282 g/mol. The minimum Gasteiger partial charge on any atom is -0.375 e. The third-order valence-electron chi connectivity index (χ3n) is 2.57. The molecule has 2 aromatic rings. The van der Waals surface area contributed by atoms with Gasteiger partial charge in [-0.2, -0.15) is 5.26 Å². The molecule has 5 nitrogen and oxygen atoms in total. The third-order valence-corrected chi connectivity index (χ3v) is 4.77. The molecule has 2 rings (SSSR count). The van der Waals surface area contributed by atoms with Gasteiger partial charge in [-0.15, -0.1) is 0 Å². The molecule has 1 aromatic heterocycles. The third kappa shape index (κ3) is 2.59. The molecule has 0 unspecified atom stereocenters. The van der Waals surface area contributed by atoms with Gasteiger partial charge in [-0.3, -0.25) is 0 Å². The van der Waals surface area contributed by atoms with Gasteiger partial charge >= 0.3 is 0 Å². The predicted octanol–water partition coefficient (Wildman–Crippen LogP) is 1.98. The summed E-state index contributed by atoms with van der Waals surface area (Å²) in [7, 11) is -3.41. The molecule has 1 aromatic carbocycles. The van der Waals surface area contributed by atoms with Gasteiger partial charge < -0.3 is 5.73 Å². The second-order valence-corrected chi connectivity index (χ2v) is 7.08. The van der Waals surface area contributed by atoms with E-state index in [1.54, 1.807) is 12.1 Å². The van der Waals surface area contributed by atoms with Crippen LogP contribution in [-0.2, 0) is 9.84 Å². The summed E-state index contributed by atoms with van der Waals surface area (Å²) in [5, 5.41) is 9.52. The molecule has 7 heteroatoms. The van der Waals surface area contributed by atoms with E-state index in [0.717, 1.165) is 22.4 Å². The number of hydrogen-bond acceptors (Lipinski definition) is 6. The van der Waals surface area contributed by atoms with E-state index in [4.69, 9.17) is 11.0 Å². The molecule has 19 heavy (non-hydrogen) atoms. The largest absolute Gasteiger partial charge is 0.375 e. The van der Waals surface area contributed by atoms with E-state index in [-0.39, 0.29) is 10.5 Å². The number of benzene rings is 1. The van der Waals surface area contributed by atoms with Crippen LogP contribution in [0.25, 0.3) is 10.4 Å². The Morgan fingerprint density at radius 3 is 2.58 bits per heavy atom. The number of thiazole rings is 1. The number of nitrogen functional groups attached to an aromatic ring is 1. The highest BCUT2D eigenvalue weighted by Crippen LogP contribution is 2.32. The van der Waals surface area contributed by atoms with Crippen molar-refractivity contribution in [3.63, 3.8) is 0 Å². The van der Waals surface area contributed by atoms with Crippen LogP contribution >= 0.6 is 11.3 Å². The van der Waals surface area contributed by atoms with Crippen LogP contribution in [0.2, 0.25) is 0 Å². The van der Waals surface area contributed by atoms with Crippen molar-refractivity contribution >= 4 is 26.3 Å². The van der Waals surface area contributed by atoms with Gasteiger partial charge in [-0.05, 0) is 24.6 Å². The van der Waals surface area contributed by atoms with Crippen molar-refractivity contribution in [1.82, 2.24) is 4.98 Å². The normalized spacial score (nSPS) is 11.2. The minimum absolute atomic E-state index is 0.0360. The first-order chi connectivity index (χ1) is 8.82. The maximum atomic E-state index is 11.6. The lowest BCUT2D eigenvalue weighted by atomic mass is 10.1. The fourth-order valence-electron chi connectivity index (χ4n) is 1.77. The number of anilines is 1. The highest BCUT2D eigenvalue weighted by atomic mass is 32.2. The number of rotatable bonds is 2. The second kappa shape index (κ2) is 4.64. The number of hydrogen-bond donors (Lipinski definition) is 1. The molecule has 0 saturated heterocycles. The molecule has 0 aliphatic heterocycles. The molecule has 0 atom stereocenters. The average molecular weight is 293 g/mol. The fourth-order valence-corrected chi connectivity index (χ4v) is 3.42. The van der Waals surface area contributed by atoms with Gasteiger partial charge in [0, 0.05) is 6.26 Å². The standard InChI is InChI=1S/C12H11N3O2S2/c1-7-11(18-12(14)15-7)8-3-4-10(19(2,16)17)9(5-8)6-13/h3-5H,1-2H3,(H2,14,15). The molecule has 2 N–H and O–H groups in total. The summed E-state index contributed by atoms with van der Waals surface area (Å²) in [5.41, 5.74) is 7.27. The Bertz CT molecular complexity index is 786. The van der Waals surface area contributed by atoms with Crippen molar-refractivity contribution in [3.8, 4) is 16.5 Å². The van der Waals surface area contributed by atoms with E-state index in [1.165, 1.54) is 17.4 Å². The quantitative estimate of drug-likeness (QED) is 0.913. The molecule has 0 bridgehead atoms. The summed E-state index contributed by atoms with van der Waals surface area (Å²) in [6.07, 6.45) is 1.08. The SMILES string of the molecule is Cc1nc(N)sc1-c1ccc(S(C)(=O)=O)c(C#N)c1. The molecule has 0 amide bonds. The summed E-state index contributed by atoms with van der Waals surface area (Å²) in [5.74, 6) is 0. The monoisotopic (exact) mass is 293 g/mol. The zero-order chi connectivity index (χ0) is 14.2. The Balaban J connectivity index is 2.65. The summed E-state index contributed by atoms with van der Waals surface area (Å²) >= 11 is 1.31. The second-order valence-electron chi connectivity index (χ2n) is 4.06. The van der Waals surface area contributed by atoms with Crippen LogP contribution in [0.4, 0.5) is 5.13 Å². The van der Waals surface area contributed by atoms with Gasteiger partial charge in [0.25, 0.3) is 0 Å². The number of aryl methyl sites for hydroxylation is 1. The molecular formula is C12H11N3O2S2. The van der Waals surface area contributed by atoms with E-state index in [2.05, 4.69) is 4.98 Å². The Morgan fingerprint density at radius 1 is 1.42 bits per heavy atom. The summed E-state index contributed by atoms with van der Waals surface area (Å²) in [6, 6.07) is 6.57. The van der Waals surface area contributed by atoms with Crippen LogP contribution in [0.1, 0.15) is 11.3 Å². The Kier molecular flexibility index (Phi) is 3.30. The van der Waals surface area contributed by atoms with Gasteiger partial charge in [0.05, 0.1) is 21.0 Å². The summed E-state index contributed by atoms with van der Waals surface area (Å²) < 4.78 is 23.1. The van der Waals surface area contributed by atoms with E-state index < -0.39 is 9.84 Å². The Hall–Kier alpha value is -1.91. The zero-order valence-corrected chi connectivity index (χ0v) is 12.0.